The summed E-state index contributed by atoms with van der Waals surface area (Å²) in [5.74, 6) is 0.338. The summed E-state index contributed by atoms with van der Waals surface area (Å²) in [5, 5.41) is 0.961. The summed E-state index contributed by atoms with van der Waals surface area (Å²) in [7, 11) is 0. The Bertz CT molecular complexity index is 703. The second-order valence-corrected chi connectivity index (χ2v) is 7.58. The van der Waals surface area contributed by atoms with Crippen LogP contribution in [0.25, 0.3) is 0 Å². The highest BCUT2D eigenvalue weighted by Gasteiger charge is 2.27. The number of nitrogens with zero attached hydrogens (tertiary/aromatic N) is 2. The molecule has 1 aliphatic rings. The van der Waals surface area contributed by atoms with Gasteiger partial charge in [0, 0.05) is 13.1 Å². The van der Waals surface area contributed by atoms with Gasteiger partial charge in [-0.3, -0.25) is 4.79 Å². The predicted molar refractivity (Wildman–Crippen MR) is 95.1 cm³/mol. The Balaban J connectivity index is 1.66. The fourth-order valence-corrected chi connectivity index (χ4v) is 4.27. The Morgan fingerprint density at radius 2 is 1.96 bits per heavy atom. The molecule has 2 aromatic rings. The lowest BCUT2D eigenvalue weighted by Gasteiger charge is -2.32. The second kappa shape index (κ2) is 7.43. The van der Waals surface area contributed by atoms with Gasteiger partial charge < -0.3 is 4.90 Å². The maximum atomic E-state index is 13.1. The van der Waals surface area contributed by atoms with Crippen LogP contribution in [0.5, 0.6) is 0 Å². The predicted octanol–water partition coefficient (Wildman–Crippen LogP) is 4.56. The third-order valence-corrected chi connectivity index (χ3v) is 5.61. The van der Waals surface area contributed by atoms with E-state index in [9.17, 15) is 9.18 Å². The number of carbonyl (C=O) groups excluding carboxylic acids is 1. The van der Waals surface area contributed by atoms with Crippen LogP contribution in [0, 0.1) is 12.7 Å². The number of piperidine rings is 1. The molecule has 0 N–H and O–H groups in total. The van der Waals surface area contributed by atoms with Gasteiger partial charge in [-0.1, -0.05) is 25.5 Å². The third kappa shape index (κ3) is 3.66. The number of aryl methyl sites for hydroxylation is 2. The molecule has 1 aliphatic heterocycles. The zero-order chi connectivity index (χ0) is 17.1. The maximum absolute atomic E-state index is 13.1. The first-order chi connectivity index (χ1) is 11.6. The van der Waals surface area contributed by atoms with E-state index in [1.165, 1.54) is 29.0 Å². The summed E-state index contributed by atoms with van der Waals surface area (Å²) in [6.45, 7) is 5.57. The van der Waals surface area contributed by atoms with E-state index in [0.29, 0.717) is 5.92 Å². The van der Waals surface area contributed by atoms with Crippen LogP contribution in [0.15, 0.2) is 24.3 Å². The van der Waals surface area contributed by atoms with Gasteiger partial charge >= 0.3 is 0 Å². The van der Waals surface area contributed by atoms with E-state index in [1.54, 1.807) is 0 Å². The zero-order valence-corrected chi connectivity index (χ0v) is 15.0. The van der Waals surface area contributed by atoms with Gasteiger partial charge in [0.1, 0.15) is 10.7 Å². The van der Waals surface area contributed by atoms with Gasteiger partial charge in [0.25, 0.3) is 5.91 Å². The van der Waals surface area contributed by atoms with Crippen molar-refractivity contribution < 1.29 is 9.18 Å². The molecule has 0 unspecified atom stereocenters. The molecule has 128 valence electrons. The molecule has 0 bridgehead atoms. The molecule has 24 heavy (non-hydrogen) atoms. The Morgan fingerprint density at radius 3 is 2.58 bits per heavy atom. The number of benzene rings is 1. The number of thiazole rings is 1. The molecule has 0 saturated carbocycles. The highest BCUT2D eigenvalue weighted by Crippen LogP contribution is 2.30. The lowest BCUT2D eigenvalue weighted by atomic mass is 9.89. The standard InChI is InChI=1S/C19H23FN2OS/c1-3-4-17-18(24-13(2)21-17)19(23)22-11-9-15(10-12-22)14-5-7-16(20)8-6-14/h5-8,15H,3-4,9-12H2,1-2H3. The molecule has 0 atom stereocenters. The highest BCUT2D eigenvalue weighted by molar-refractivity contribution is 7.13. The van der Waals surface area contributed by atoms with Crippen LogP contribution in [0.1, 0.15) is 58.0 Å². The minimum Gasteiger partial charge on any atom is -0.338 e. The average molecular weight is 346 g/mol. The van der Waals surface area contributed by atoms with Gasteiger partial charge in [0.05, 0.1) is 10.7 Å². The SMILES string of the molecule is CCCc1nc(C)sc1C(=O)N1CCC(c2ccc(F)cc2)CC1. The van der Waals surface area contributed by atoms with E-state index in [1.807, 2.05) is 24.0 Å². The molecule has 1 fully saturated rings. The maximum Gasteiger partial charge on any atom is 0.265 e. The minimum absolute atomic E-state index is 0.126. The van der Waals surface area contributed by atoms with Crippen molar-refractivity contribution in [1.29, 1.82) is 0 Å². The molecule has 5 heteroatoms. The topological polar surface area (TPSA) is 33.2 Å². The van der Waals surface area contributed by atoms with Crippen molar-refractivity contribution in [3.05, 3.63) is 51.2 Å². The zero-order valence-electron chi connectivity index (χ0n) is 14.2. The molecule has 0 aliphatic carbocycles. The van der Waals surface area contributed by atoms with Crippen molar-refractivity contribution in [2.45, 2.75) is 45.4 Å². The van der Waals surface area contributed by atoms with Crippen LogP contribution in [0.2, 0.25) is 0 Å². The summed E-state index contributed by atoms with van der Waals surface area (Å²) in [6.07, 6.45) is 3.71. The fourth-order valence-electron chi connectivity index (χ4n) is 3.34. The van der Waals surface area contributed by atoms with Gasteiger partial charge in [-0.05, 0) is 49.8 Å². The summed E-state index contributed by atoms with van der Waals surface area (Å²) in [5.41, 5.74) is 2.12. The summed E-state index contributed by atoms with van der Waals surface area (Å²) in [6, 6.07) is 6.76. The molecule has 3 rings (SSSR count). The van der Waals surface area contributed by atoms with Crippen molar-refractivity contribution in [3.8, 4) is 0 Å². The van der Waals surface area contributed by atoms with E-state index in [0.717, 1.165) is 54.4 Å². The third-order valence-electron chi connectivity index (χ3n) is 4.61. The van der Waals surface area contributed by atoms with Crippen LogP contribution < -0.4 is 0 Å². The lowest BCUT2D eigenvalue weighted by molar-refractivity contribution is 0.0716. The van der Waals surface area contributed by atoms with Gasteiger partial charge in [-0.25, -0.2) is 9.37 Å². The minimum atomic E-state index is -0.199. The average Bonchev–Trinajstić information content (AvgIpc) is 2.96. The summed E-state index contributed by atoms with van der Waals surface area (Å²) < 4.78 is 13.1. The number of carbonyl (C=O) groups is 1. The van der Waals surface area contributed by atoms with Crippen molar-refractivity contribution in [3.63, 3.8) is 0 Å². The quantitative estimate of drug-likeness (QED) is 0.813. The molecule has 0 spiro atoms. The monoisotopic (exact) mass is 346 g/mol. The number of halogens is 1. The first kappa shape index (κ1) is 17.1. The molecule has 0 radical (unpaired) electrons. The molecule has 1 amide bonds. The fraction of sp³-hybridized carbons (Fsp3) is 0.474. The number of aromatic nitrogens is 1. The molecule has 1 saturated heterocycles. The Morgan fingerprint density at radius 1 is 1.29 bits per heavy atom. The molecular weight excluding hydrogens is 323 g/mol. The van der Waals surface area contributed by atoms with Gasteiger partial charge in [-0.2, -0.15) is 0 Å². The Hall–Kier alpha value is -1.75. The van der Waals surface area contributed by atoms with Crippen LogP contribution >= 0.6 is 11.3 Å². The van der Waals surface area contributed by atoms with Gasteiger partial charge in [0.15, 0.2) is 0 Å². The Kier molecular flexibility index (Phi) is 5.29. The molecule has 1 aromatic heterocycles. The van der Waals surface area contributed by atoms with Crippen LogP contribution in [-0.4, -0.2) is 28.9 Å². The number of likely N-dealkylation sites (tertiary alicyclic amines) is 1. The van der Waals surface area contributed by atoms with Crippen LogP contribution in [-0.2, 0) is 6.42 Å². The smallest absolute Gasteiger partial charge is 0.265 e. The van der Waals surface area contributed by atoms with E-state index >= 15 is 0 Å². The van der Waals surface area contributed by atoms with Crippen LogP contribution in [0.3, 0.4) is 0 Å². The lowest BCUT2D eigenvalue weighted by Crippen LogP contribution is -2.38. The van der Waals surface area contributed by atoms with Crippen molar-refractivity contribution >= 4 is 17.2 Å². The largest absolute Gasteiger partial charge is 0.338 e. The van der Waals surface area contributed by atoms with Gasteiger partial charge in [-0.15, -0.1) is 11.3 Å². The first-order valence-corrected chi connectivity index (χ1v) is 9.41. The summed E-state index contributed by atoms with van der Waals surface area (Å²) in [4.78, 5) is 20.1. The number of amides is 1. The summed E-state index contributed by atoms with van der Waals surface area (Å²) >= 11 is 1.51. The van der Waals surface area contributed by atoms with Crippen LogP contribution in [0.4, 0.5) is 4.39 Å². The van der Waals surface area contributed by atoms with E-state index in [2.05, 4.69) is 11.9 Å². The Labute approximate surface area is 146 Å². The number of rotatable bonds is 4. The van der Waals surface area contributed by atoms with Gasteiger partial charge in [0.2, 0.25) is 0 Å². The van der Waals surface area contributed by atoms with Crippen molar-refractivity contribution in [1.82, 2.24) is 9.88 Å². The number of hydrogen-bond acceptors (Lipinski definition) is 3. The molecule has 1 aromatic carbocycles. The second-order valence-electron chi connectivity index (χ2n) is 6.38. The van der Waals surface area contributed by atoms with E-state index < -0.39 is 0 Å². The molecule has 3 nitrogen and oxygen atoms in total. The number of hydrogen-bond donors (Lipinski definition) is 0. The first-order valence-electron chi connectivity index (χ1n) is 8.59. The van der Waals surface area contributed by atoms with E-state index in [-0.39, 0.29) is 11.7 Å². The molecule has 2 heterocycles. The van der Waals surface area contributed by atoms with E-state index in [4.69, 9.17) is 0 Å². The normalized spacial score (nSPS) is 15.7. The van der Waals surface area contributed by atoms with Crippen molar-refractivity contribution in [2.24, 2.45) is 0 Å². The highest BCUT2D eigenvalue weighted by atomic mass is 32.1. The molecular formula is C19H23FN2OS. The van der Waals surface area contributed by atoms with Crippen molar-refractivity contribution in [2.75, 3.05) is 13.1 Å².